The number of nitrogens with zero attached hydrogens (tertiary/aromatic N) is 1. The largest absolute Gasteiger partial charge is 0.382 e. The topological polar surface area (TPSA) is 76.4 Å². The van der Waals surface area contributed by atoms with Gasteiger partial charge in [-0.2, -0.15) is 0 Å². The average molecular weight is 325 g/mol. The molecule has 3 rings (SSSR count). The monoisotopic (exact) mass is 325 g/mol. The fourth-order valence-electron chi connectivity index (χ4n) is 3.18. The first kappa shape index (κ1) is 16.3. The van der Waals surface area contributed by atoms with Gasteiger partial charge in [-0.3, -0.25) is 14.4 Å². The van der Waals surface area contributed by atoms with Crippen LogP contribution in [-0.4, -0.2) is 21.1 Å². The number of fused-ring (bicyclic) bond motifs is 2. The lowest BCUT2D eigenvalue weighted by atomic mass is 9.88. The number of aryl methyl sites for hydroxylation is 1. The molecule has 0 amide bonds. The first-order valence-corrected chi connectivity index (χ1v) is 7.84. The van der Waals surface area contributed by atoms with Crippen LogP contribution in [0.2, 0.25) is 0 Å². The Morgan fingerprint density at radius 1 is 1.12 bits per heavy atom. The summed E-state index contributed by atoms with van der Waals surface area (Å²) in [7, 11) is 1.82. The molecule has 1 N–H and O–H groups in total. The number of Topliss-reactive ketones (excluding diaryl/α,β-unsaturated/α-hetero) is 1. The minimum atomic E-state index is -1.50. The van der Waals surface area contributed by atoms with Gasteiger partial charge < -0.3 is 9.67 Å². The maximum Gasteiger partial charge on any atom is 0.235 e. The second-order valence-corrected chi connectivity index (χ2v) is 6.65. The minimum Gasteiger partial charge on any atom is -0.382 e. The van der Waals surface area contributed by atoms with Crippen LogP contribution in [-0.2, 0) is 18.3 Å². The van der Waals surface area contributed by atoms with E-state index in [1.54, 1.807) is 18.2 Å². The van der Waals surface area contributed by atoms with Crippen LogP contribution in [0.1, 0.15) is 31.5 Å². The fraction of sp³-hybridized carbons (Fsp3) is 0.316. The number of para-hydroxylation sites is 1. The molecule has 0 fully saturated rings. The zero-order chi connectivity index (χ0) is 17.6. The lowest BCUT2D eigenvalue weighted by molar-refractivity contribution is -0.130. The van der Waals surface area contributed by atoms with Crippen LogP contribution in [0.15, 0.2) is 39.4 Å². The Labute approximate surface area is 138 Å². The van der Waals surface area contributed by atoms with E-state index in [9.17, 15) is 19.5 Å². The Morgan fingerprint density at radius 3 is 2.46 bits per heavy atom. The summed E-state index contributed by atoms with van der Waals surface area (Å²) in [6.07, 6.45) is 2.37. The van der Waals surface area contributed by atoms with Crippen molar-refractivity contribution in [2.24, 2.45) is 7.05 Å². The number of rotatable bonds is 2. The molecule has 0 aliphatic heterocycles. The number of aliphatic hydroxyl groups is 1. The molecular weight excluding hydrogens is 306 g/mol. The summed E-state index contributed by atoms with van der Waals surface area (Å²) in [4.78, 5) is 37.5. The number of ketones is 1. The highest BCUT2D eigenvalue weighted by atomic mass is 16.3. The molecule has 1 aliphatic rings. The van der Waals surface area contributed by atoms with Crippen LogP contribution >= 0.6 is 0 Å². The number of benzene rings is 1. The van der Waals surface area contributed by atoms with Gasteiger partial charge in [0, 0.05) is 23.7 Å². The van der Waals surface area contributed by atoms with Crippen molar-refractivity contribution in [3.63, 3.8) is 0 Å². The molecule has 0 saturated carbocycles. The van der Waals surface area contributed by atoms with Crippen LogP contribution in [0.25, 0.3) is 17.0 Å². The summed E-state index contributed by atoms with van der Waals surface area (Å²) < 4.78 is 1.84. The van der Waals surface area contributed by atoms with Crippen molar-refractivity contribution in [3.05, 3.63) is 61.5 Å². The van der Waals surface area contributed by atoms with Gasteiger partial charge in [0.1, 0.15) is 5.60 Å². The van der Waals surface area contributed by atoms with Crippen molar-refractivity contribution in [2.75, 3.05) is 0 Å². The van der Waals surface area contributed by atoms with Gasteiger partial charge in [0.15, 0.2) is 5.78 Å². The molecule has 1 aromatic heterocycles. The third kappa shape index (κ3) is 2.51. The lowest BCUT2D eigenvalue weighted by Crippen LogP contribution is -2.34. The van der Waals surface area contributed by atoms with Crippen LogP contribution in [0.4, 0.5) is 0 Å². The summed E-state index contributed by atoms with van der Waals surface area (Å²) in [5.41, 5.74) is -0.647. The van der Waals surface area contributed by atoms with E-state index in [0.717, 1.165) is 5.69 Å². The molecule has 1 aromatic carbocycles. The summed E-state index contributed by atoms with van der Waals surface area (Å²) in [5, 5.41) is 10.3. The molecule has 5 heteroatoms. The standard InChI is InChI=1S/C19H19NO4/c1-19(2,24)18(23)11-8-9-15-13(10-11)17(22)16(21)12-6-4-5-7-14(12)20(15)3/h4-7,10,24H,8-9H2,1-3H3. The molecule has 1 heterocycles. The fourth-order valence-corrected chi connectivity index (χ4v) is 3.18. The van der Waals surface area contributed by atoms with Crippen molar-refractivity contribution in [2.45, 2.75) is 32.3 Å². The number of carbonyl (C=O) groups is 1. The van der Waals surface area contributed by atoms with Gasteiger partial charge in [-0.1, -0.05) is 12.1 Å². The van der Waals surface area contributed by atoms with E-state index in [4.69, 9.17) is 0 Å². The predicted molar refractivity (Wildman–Crippen MR) is 93.1 cm³/mol. The first-order chi connectivity index (χ1) is 11.2. The molecule has 0 saturated heterocycles. The highest BCUT2D eigenvalue weighted by molar-refractivity contribution is 6.05. The Bertz CT molecular complexity index is 1010. The summed E-state index contributed by atoms with van der Waals surface area (Å²) >= 11 is 0. The zero-order valence-electron chi connectivity index (χ0n) is 13.9. The number of aromatic nitrogens is 1. The van der Waals surface area contributed by atoms with Gasteiger partial charge in [0.05, 0.1) is 5.52 Å². The van der Waals surface area contributed by atoms with Gasteiger partial charge in [-0.25, -0.2) is 0 Å². The van der Waals surface area contributed by atoms with E-state index in [-0.39, 0.29) is 5.56 Å². The molecule has 124 valence electrons. The van der Waals surface area contributed by atoms with Crippen LogP contribution < -0.4 is 10.9 Å². The van der Waals surface area contributed by atoms with Gasteiger partial charge in [-0.05, 0) is 50.5 Å². The van der Waals surface area contributed by atoms with E-state index < -0.39 is 22.2 Å². The average Bonchev–Trinajstić information content (AvgIpc) is 2.64. The molecule has 0 bridgehead atoms. The molecular formula is C19H19NO4. The van der Waals surface area contributed by atoms with Gasteiger partial charge >= 0.3 is 0 Å². The van der Waals surface area contributed by atoms with Crippen molar-refractivity contribution in [3.8, 4) is 0 Å². The van der Waals surface area contributed by atoms with Crippen molar-refractivity contribution >= 4 is 22.8 Å². The van der Waals surface area contributed by atoms with Gasteiger partial charge in [0.2, 0.25) is 10.9 Å². The second kappa shape index (κ2) is 5.53. The van der Waals surface area contributed by atoms with Gasteiger partial charge in [0.25, 0.3) is 0 Å². The Morgan fingerprint density at radius 2 is 1.79 bits per heavy atom. The molecule has 0 spiro atoms. The maximum absolute atomic E-state index is 12.7. The second-order valence-electron chi connectivity index (χ2n) is 6.65. The SMILES string of the molecule is Cn1c2c(c(=O)c(=O)c3ccccc31)C=C(C(=O)C(C)(C)O)CC2. The zero-order valence-corrected chi connectivity index (χ0v) is 13.9. The van der Waals surface area contributed by atoms with Crippen molar-refractivity contribution in [1.82, 2.24) is 4.57 Å². The molecule has 1 aliphatic carbocycles. The Kier molecular flexibility index (Phi) is 3.76. The quantitative estimate of drug-likeness (QED) is 0.850. The Hall–Kier alpha value is -2.53. The number of hydrogen-bond acceptors (Lipinski definition) is 4. The number of hydrogen-bond donors (Lipinski definition) is 1. The van der Waals surface area contributed by atoms with E-state index in [0.29, 0.717) is 29.3 Å². The van der Waals surface area contributed by atoms with Crippen molar-refractivity contribution in [1.29, 1.82) is 0 Å². The molecule has 0 unspecified atom stereocenters. The van der Waals surface area contributed by atoms with Crippen LogP contribution in [0, 0.1) is 0 Å². The summed E-state index contributed by atoms with van der Waals surface area (Å²) in [6, 6.07) is 6.98. The lowest BCUT2D eigenvalue weighted by Gasteiger charge is -2.21. The molecule has 24 heavy (non-hydrogen) atoms. The normalized spacial score (nSPS) is 14.2. The maximum atomic E-state index is 12.7. The molecule has 0 atom stereocenters. The smallest absolute Gasteiger partial charge is 0.235 e. The van der Waals surface area contributed by atoms with Crippen LogP contribution in [0.5, 0.6) is 0 Å². The minimum absolute atomic E-state index is 0.248. The third-order valence-corrected chi connectivity index (χ3v) is 4.47. The van der Waals surface area contributed by atoms with Crippen molar-refractivity contribution < 1.29 is 9.90 Å². The predicted octanol–water partition coefficient (Wildman–Crippen LogP) is 1.57. The van der Waals surface area contributed by atoms with Gasteiger partial charge in [-0.15, -0.1) is 0 Å². The third-order valence-electron chi connectivity index (χ3n) is 4.47. The Balaban J connectivity index is 2.39. The van der Waals surface area contributed by atoms with E-state index in [1.165, 1.54) is 19.9 Å². The first-order valence-electron chi connectivity index (χ1n) is 7.84. The molecule has 0 radical (unpaired) electrons. The number of carbonyl (C=O) groups excluding carboxylic acids is 1. The highest BCUT2D eigenvalue weighted by Gasteiger charge is 2.29. The van der Waals surface area contributed by atoms with E-state index in [2.05, 4.69) is 0 Å². The van der Waals surface area contributed by atoms with E-state index in [1.807, 2.05) is 17.7 Å². The summed E-state index contributed by atoms with van der Waals surface area (Å²) in [6.45, 7) is 2.84. The molecule has 5 nitrogen and oxygen atoms in total. The van der Waals surface area contributed by atoms with Crippen LogP contribution in [0.3, 0.4) is 0 Å². The molecule has 2 aromatic rings. The summed E-state index contributed by atoms with van der Waals surface area (Å²) in [5.74, 6) is -0.418. The highest BCUT2D eigenvalue weighted by Crippen LogP contribution is 2.25. The van der Waals surface area contributed by atoms with E-state index >= 15 is 0 Å².